The monoisotopic (exact) mass is 1020 g/mol. The summed E-state index contributed by atoms with van der Waals surface area (Å²) >= 11 is 7.57. The van der Waals surface area contributed by atoms with Crippen molar-refractivity contribution in [3.63, 3.8) is 0 Å². The predicted octanol–water partition coefficient (Wildman–Crippen LogP) is 13.5. The number of para-hydroxylation sites is 2. The normalized spacial score (nSPS) is 13.9. The number of thioether (sulfide) groups is 1. The molecule has 1 saturated heterocycles. The Hall–Kier alpha value is -8.35. The lowest BCUT2D eigenvalue weighted by Crippen LogP contribution is -2.35. The molecular weight excluding hydrogens is 973 g/mol. The molecule has 8 nitrogen and oxygen atoms in total. The molecule has 0 unspecified atom stereocenters. The zero-order chi connectivity index (χ0) is 50.9. The molecule has 362 valence electrons. The highest BCUT2D eigenvalue weighted by atomic mass is 32.2. The number of hydrogen-bond donors (Lipinski definition) is 1. The molecule has 1 fully saturated rings. The molecule has 74 heavy (non-hydrogen) atoms. The maximum Gasteiger partial charge on any atom is 0.323 e. The number of aromatic nitrogens is 1. The largest absolute Gasteiger partial charge is 0.480 e. The third-order valence-electron chi connectivity index (χ3n) is 13.3. The number of anilines is 6. The number of hydrogen-bond acceptors (Lipinski definition) is 8. The number of carbonyl (C=O) groups excluding carboxylic acids is 1. The van der Waals surface area contributed by atoms with Crippen LogP contribution in [0.5, 0.6) is 0 Å². The summed E-state index contributed by atoms with van der Waals surface area (Å²) < 4.78 is 2.17. The van der Waals surface area contributed by atoms with E-state index in [1.165, 1.54) is 32.7 Å². The van der Waals surface area contributed by atoms with E-state index in [2.05, 4.69) is 199 Å². The third kappa shape index (κ3) is 9.68. The van der Waals surface area contributed by atoms with Crippen LogP contribution in [0.25, 0.3) is 45.4 Å². The topological polar surface area (TPSA) is 86.1 Å². The third-order valence-corrected chi connectivity index (χ3v) is 16.0. The van der Waals surface area contributed by atoms with Crippen molar-refractivity contribution in [2.75, 3.05) is 16.3 Å². The van der Waals surface area contributed by atoms with Crippen molar-refractivity contribution in [3.05, 3.63) is 247 Å². The molecule has 1 aromatic heterocycles. The van der Waals surface area contributed by atoms with E-state index < -0.39 is 18.1 Å². The van der Waals surface area contributed by atoms with E-state index in [1.54, 1.807) is 6.08 Å². The van der Waals surface area contributed by atoms with E-state index in [9.17, 15) is 19.5 Å². The molecule has 0 radical (unpaired) electrons. The van der Waals surface area contributed by atoms with Crippen LogP contribution in [0.3, 0.4) is 0 Å². The lowest BCUT2D eigenvalue weighted by atomic mass is 10.0. The summed E-state index contributed by atoms with van der Waals surface area (Å²) in [6.45, 7) is 3.77. The molecule has 1 N–H and O–H groups in total. The van der Waals surface area contributed by atoms with Crippen molar-refractivity contribution in [1.82, 2.24) is 9.47 Å². The Balaban J connectivity index is 0.802. The van der Waals surface area contributed by atoms with Gasteiger partial charge in [-0.2, -0.15) is 0 Å². The Morgan fingerprint density at radius 3 is 1.55 bits per heavy atom. The van der Waals surface area contributed by atoms with Gasteiger partial charge in [0.15, 0.2) is 0 Å². The molecular formula is C63H48N4O4S3. The highest BCUT2D eigenvalue weighted by Crippen LogP contribution is 2.45. The second kappa shape index (κ2) is 20.6. The second-order valence-electron chi connectivity index (χ2n) is 18.2. The molecule has 0 bridgehead atoms. The smallest absolute Gasteiger partial charge is 0.323 e. The van der Waals surface area contributed by atoms with Gasteiger partial charge in [-0.15, -0.1) is 11.3 Å². The summed E-state index contributed by atoms with van der Waals surface area (Å²) in [5.41, 5.74) is 17.6. The summed E-state index contributed by atoms with van der Waals surface area (Å²) in [7, 11) is 0. The summed E-state index contributed by atoms with van der Waals surface area (Å²) in [6, 6.07) is 68.5. The number of benzene rings is 8. The highest BCUT2D eigenvalue weighted by Gasteiger charge is 2.33. The fourth-order valence-corrected chi connectivity index (χ4v) is 12.2. The van der Waals surface area contributed by atoms with Crippen LogP contribution in [-0.4, -0.2) is 37.3 Å². The van der Waals surface area contributed by atoms with Crippen LogP contribution in [0.4, 0.5) is 34.1 Å². The first-order chi connectivity index (χ1) is 36.1. The summed E-state index contributed by atoms with van der Waals surface area (Å²) in [5.74, 6) is -1.49. The van der Waals surface area contributed by atoms with Crippen molar-refractivity contribution in [1.29, 1.82) is 0 Å². The first-order valence-electron chi connectivity index (χ1n) is 24.3. The number of fused-ring (bicyclic) bond motifs is 3. The standard InChI is InChI=1S/C63H48N4O4S3/c1-3-64-61(71)59(74-63(64)72)62-65(40-58(68)69)60(70)57(73-62)36-44-20-26-46(27-21-44)45-24-18-42(19-25-45)16-17-43-22-30-52(31-23-43)67(51-28-14-41(2)15-29-51)54-33-35-56-48(39-54)37-47-38-53(32-34-55(47)56)66(49-10-6-4-7-11-49)50-12-8-5-9-13-50/h4-36,38-39H,3,37,40H2,1-2H3,(H,68,69)/b17-16+,57-36+,62-59-. The van der Waals surface area contributed by atoms with Gasteiger partial charge in [0.05, 0.1) is 4.53 Å². The molecule has 2 aliphatic rings. The van der Waals surface area contributed by atoms with Gasteiger partial charge >= 0.3 is 5.97 Å². The van der Waals surface area contributed by atoms with E-state index in [0.29, 0.717) is 20.1 Å². The fraction of sp³-hybridized carbons (Fsp3) is 0.0794. The van der Waals surface area contributed by atoms with Gasteiger partial charge in [-0.1, -0.05) is 163 Å². The maximum absolute atomic E-state index is 13.5. The van der Waals surface area contributed by atoms with E-state index in [0.717, 1.165) is 96.0 Å². The van der Waals surface area contributed by atoms with Gasteiger partial charge < -0.3 is 14.9 Å². The first-order valence-corrected chi connectivity index (χ1v) is 26.4. The molecule has 11 rings (SSSR count). The number of thiocarbonyl (C=S) groups is 1. The van der Waals surface area contributed by atoms with Crippen LogP contribution in [0.1, 0.15) is 40.3 Å². The zero-order valence-electron chi connectivity index (χ0n) is 40.5. The number of carboxylic acids is 1. The molecule has 0 atom stereocenters. The average Bonchev–Trinajstić information content (AvgIpc) is 4.04. The van der Waals surface area contributed by atoms with Crippen LogP contribution in [0.2, 0.25) is 0 Å². The van der Waals surface area contributed by atoms with Gasteiger partial charge in [0.1, 0.15) is 20.4 Å². The van der Waals surface area contributed by atoms with Crippen molar-refractivity contribution >= 4 is 109 Å². The van der Waals surface area contributed by atoms with Crippen molar-refractivity contribution in [2.45, 2.75) is 26.8 Å². The van der Waals surface area contributed by atoms with Gasteiger partial charge in [-0.25, -0.2) is 0 Å². The SMILES string of the molecule is CCN1C(=O)/C(=c2/s/c(=C/c3ccc(-c4ccc(/C=C/c5ccc(N(c6ccc(C)cc6)c6ccc7c(c6)Cc6cc(N(c8ccccc8)c8ccccc8)ccc6-7)cc5)cc4)cc3)c(=O)n2CC(=O)O)SC1=S. The van der Waals surface area contributed by atoms with E-state index in [-0.39, 0.29) is 10.8 Å². The number of nitrogens with zero attached hydrogens (tertiary/aromatic N) is 4. The minimum atomic E-state index is -1.17. The number of carboxylic acid groups (broad SMARTS) is 1. The molecule has 0 spiro atoms. The van der Waals surface area contributed by atoms with Crippen LogP contribution < -0.4 is 24.6 Å². The van der Waals surface area contributed by atoms with Gasteiger partial charge in [0, 0.05) is 40.7 Å². The number of carbonyl (C=O) groups is 2. The van der Waals surface area contributed by atoms with Crippen LogP contribution in [0.15, 0.2) is 199 Å². The summed E-state index contributed by atoms with van der Waals surface area (Å²) in [4.78, 5) is 44.7. The van der Waals surface area contributed by atoms with E-state index in [1.807, 2.05) is 31.2 Å². The fourth-order valence-electron chi connectivity index (χ4n) is 9.61. The maximum atomic E-state index is 13.5. The van der Waals surface area contributed by atoms with Gasteiger partial charge in [0.25, 0.3) is 11.5 Å². The first kappa shape index (κ1) is 47.9. The molecule has 11 heteroatoms. The number of aliphatic carboxylic acids is 1. The number of amides is 1. The van der Waals surface area contributed by atoms with Crippen molar-refractivity contribution in [3.8, 4) is 22.3 Å². The summed E-state index contributed by atoms with van der Waals surface area (Å²) in [5, 5.41) is 9.59. The minimum absolute atomic E-state index is 0.274. The molecule has 8 aromatic carbocycles. The minimum Gasteiger partial charge on any atom is -0.480 e. The van der Waals surface area contributed by atoms with E-state index >= 15 is 0 Å². The average molecular weight is 1020 g/mol. The Morgan fingerprint density at radius 2 is 1.07 bits per heavy atom. The van der Waals surface area contributed by atoms with Crippen LogP contribution in [0, 0.1) is 6.92 Å². The van der Waals surface area contributed by atoms with Gasteiger partial charge in [0.2, 0.25) is 0 Å². The van der Waals surface area contributed by atoms with Crippen LogP contribution in [-0.2, 0) is 22.6 Å². The quantitative estimate of drug-likeness (QED) is 0.0903. The van der Waals surface area contributed by atoms with Crippen molar-refractivity contribution < 1.29 is 14.7 Å². The van der Waals surface area contributed by atoms with Crippen molar-refractivity contribution in [2.24, 2.45) is 0 Å². The number of rotatable bonds is 13. The lowest BCUT2D eigenvalue weighted by molar-refractivity contribution is -0.137. The molecule has 1 aliphatic heterocycles. The van der Waals surface area contributed by atoms with Crippen LogP contribution >= 0.6 is 35.3 Å². The molecule has 0 saturated carbocycles. The number of thiazole rings is 1. The molecule has 9 aromatic rings. The lowest BCUT2D eigenvalue weighted by Gasteiger charge is -2.26. The molecule has 1 amide bonds. The van der Waals surface area contributed by atoms with E-state index in [4.69, 9.17) is 12.2 Å². The molecule has 1 aliphatic carbocycles. The molecule has 2 heterocycles. The number of aryl methyl sites for hydroxylation is 1. The van der Waals surface area contributed by atoms with Gasteiger partial charge in [-0.05, 0) is 149 Å². The Bertz CT molecular complexity index is 3790. The predicted molar refractivity (Wildman–Crippen MR) is 310 cm³/mol. The Kier molecular flexibility index (Phi) is 13.4. The Morgan fingerprint density at radius 1 is 0.608 bits per heavy atom. The zero-order valence-corrected chi connectivity index (χ0v) is 43.0. The second-order valence-corrected chi connectivity index (χ2v) is 20.8. The summed E-state index contributed by atoms with van der Waals surface area (Å²) in [6.07, 6.45) is 6.83. The Labute approximate surface area is 442 Å². The van der Waals surface area contributed by atoms with Gasteiger partial charge in [-0.3, -0.25) is 23.9 Å². The highest BCUT2D eigenvalue weighted by molar-refractivity contribution is 8.30.